The van der Waals surface area contributed by atoms with Crippen molar-refractivity contribution >= 4 is 17.5 Å². The molecule has 2 aromatic heterocycles. The third-order valence-electron chi connectivity index (χ3n) is 9.76. The van der Waals surface area contributed by atoms with Crippen molar-refractivity contribution in [1.82, 2.24) is 24.8 Å². The zero-order valence-electron chi connectivity index (χ0n) is 25.4. The summed E-state index contributed by atoms with van der Waals surface area (Å²) in [7, 11) is 1.93. The molecule has 0 bridgehead atoms. The first-order valence-corrected chi connectivity index (χ1v) is 15.4. The van der Waals surface area contributed by atoms with Crippen LogP contribution in [0.3, 0.4) is 0 Å². The number of nitrogens with two attached hydrogens (primary N) is 1. The van der Waals surface area contributed by atoms with E-state index < -0.39 is 6.17 Å². The summed E-state index contributed by atoms with van der Waals surface area (Å²) in [6.07, 6.45) is 4.96. The summed E-state index contributed by atoms with van der Waals surface area (Å²) in [5, 5.41) is 0. The smallest absolute Gasteiger partial charge is 0.318 e. The van der Waals surface area contributed by atoms with Crippen LogP contribution >= 0.6 is 0 Å². The van der Waals surface area contributed by atoms with E-state index in [0.717, 1.165) is 35.6 Å². The Morgan fingerprint density at radius 2 is 1.98 bits per heavy atom. The van der Waals surface area contributed by atoms with Crippen LogP contribution in [0, 0.1) is 12.8 Å². The largest absolute Gasteiger partial charge is 0.462 e. The fourth-order valence-electron chi connectivity index (χ4n) is 7.31. The highest BCUT2D eigenvalue weighted by Gasteiger charge is 2.39. The number of ether oxygens (including phenoxy) is 1. The molecule has 0 aromatic carbocycles. The maximum atomic E-state index is 14.0. The van der Waals surface area contributed by atoms with Gasteiger partial charge >= 0.3 is 6.01 Å². The molecule has 42 heavy (non-hydrogen) atoms. The van der Waals surface area contributed by atoms with Gasteiger partial charge < -0.3 is 20.3 Å². The molecule has 1 saturated carbocycles. The van der Waals surface area contributed by atoms with Gasteiger partial charge in [0.25, 0.3) is 0 Å². The quantitative estimate of drug-likeness (QED) is 0.496. The molecule has 0 radical (unpaired) electrons. The zero-order valence-corrected chi connectivity index (χ0v) is 25.4. The Bertz CT molecular complexity index is 1360. The van der Waals surface area contributed by atoms with Crippen molar-refractivity contribution in [3.63, 3.8) is 0 Å². The number of carbonyl (C=O) groups excluding carboxylic acids is 1. The van der Waals surface area contributed by atoms with Gasteiger partial charge in [0, 0.05) is 49.7 Å². The van der Waals surface area contributed by atoms with E-state index in [1.807, 2.05) is 22.9 Å². The molecule has 2 aromatic rings. The molecule has 3 fully saturated rings. The number of piperazine rings is 1. The van der Waals surface area contributed by atoms with Crippen molar-refractivity contribution < 1.29 is 13.9 Å². The molecule has 2 saturated heterocycles. The van der Waals surface area contributed by atoms with Crippen molar-refractivity contribution in [2.45, 2.75) is 83.0 Å². The van der Waals surface area contributed by atoms with E-state index in [1.54, 1.807) is 0 Å². The van der Waals surface area contributed by atoms with E-state index in [2.05, 4.69) is 32.3 Å². The molecule has 10 heteroatoms. The monoisotopic (exact) mass is 577 g/mol. The van der Waals surface area contributed by atoms with Crippen molar-refractivity contribution in [2.24, 2.45) is 5.92 Å². The molecule has 4 aliphatic rings. The Morgan fingerprint density at radius 3 is 2.64 bits per heavy atom. The van der Waals surface area contributed by atoms with Gasteiger partial charge in [-0.3, -0.25) is 9.69 Å². The number of fused-ring (bicyclic) bond motifs is 1. The van der Waals surface area contributed by atoms with Gasteiger partial charge in [0.15, 0.2) is 0 Å². The summed E-state index contributed by atoms with van der Waals surface area (Å²) < 4.78 is 20.3. The number of pyridine rings is 1. The van der Waals surface area contributed by atoms with Gasteiger partial charge in [0.05, 0.1) is 11.4 Å². The normalized spacial score (nSPS) is 28.1. The molecule has 2 aliphatic heterocycles. The summed E-state index contributed by atoms with van der Waals surface area (Å²) in [5.74, 6) is 2.50. The molecule has 0 unspecified atom stereocenters. The zero-order chi connectivity index (χ0) is 29.7. The molecule has 226 valence electrons. The molecule has 2 N–H and O–H groups in total. The average Bonchev–Trinajstić information content (AvgIpc) is 3.73. The first-order valence-electron chi connectivity index (χ1n) is 15.4. The van der Waals surface area contributed by atoms with E-state index >= 15 is 0 Å². The fourth-order valence-corrected chi connectivity index (χ4v) is 7.31. The molecule has 1 amide bonds. The highest BCUT2D eigenvalue weighted by Crippen LogP contribution is 2.48. The van der Waals surface area contributed by atoms with Crippen molar-refractivity contribution in [2.75, 3.05) is 50.5 Å². The molecule has 5 atom stereocenters. The number of rotatable bonds is 7. The first kappa shape index (κ1) is 28.8. The van der Waals surface area contributed by atoms with Crippen LogP contribution in [0.25, 0.3) is 0 Å². The summed E-state index contributed by atoms with van der Waals surface area (Å²) in [5.41, 5.74) is 12.2. The Labute approximate surface area is 248 Å². The molecule has 6 rings (SSSR count). The van der Waals surface area contributed by atoms with E-state index in [9.17, 15) is 9.18 Å². The highest BCUT2D eigenvalue weighted by atomic mass is 19.1. The maximum absolute atomic E-state index is 14.0. The number of likely N-dealkylation sites (tertiary alicyclic amines) is 1. The number of aromatic nitrogens is 3. The second-order valence-electron chi connectivity index (χ2n) is 13.0. The Balaban J connectivity index is 1.35. The molecule has 0 spiro atoms. The van der Waals surface area contributed by atoms with Crippen molar-refractivity contribution in [3.8, 4) is 6.01 Å². The summed E-state index contributed by atoms with van der Waals surface area (Å²) in [4.78, 5) is 33.4. The molecule has 9 nitrogen and oxygen atoms in total. The minimum absolute atomic E-state index is 0.0104. The lowest BCUT2D eigenvalue weighted by Gasteiger charge is -2.42. The Kier molecular flexibility index (Phi) is 7.85. The van der Waals surface area contributed by atoms with Crippen LogP contribution in [0.4, 0.5) is 16.0 Å². The van der Waals surface area contributed by atoms with Crippen LogP contribution in [-0.2, 0) is 17.6 Å². The van der Waals surface area contributed by atoms with E-state index in [1.165, 1.54) is 30.0 Å². The number of carbonyl (C=O) groups is 1. The van der Waals surface area contributed by atoms with E-state index in [-0.39, 0.29) is 23.9 Å². The number of hydrogen-bond donors (Lipinski definition) is 1. The Morgan fingerprint density at radius 1 is 1.19 bits per heavy atom. The summed E-state index contributed by atoms with van der Waals surface area (Å²) >= 11 is 0. The number of amides is 1. The Hall–Kier alpha value is -3.27. The topological polar surface area (TPSA) is 101 Å². The van der Waals surface area contributed by atoms with Crippen molar-refractivity contribution in [3.05, 3.63) is 46.8 Å². The number of nitrogens with zero attached hydrogens (tertiary/aromatic N) is 6. The van der Waals surface area contributed by atoms with Gasteiger partial charge in [-0.15, -0.1) is 0 Å². The fraction of sp³-hybridized carbons (Fsp3) is 0.625. The second kappa shape index (κ2) is 11.4. The van der Waals surface area contributed by atoms with Gasteiger partial charge in [-0.25, -0.2) is 9.37 Å². The first-order chi connectivity index (χ1) is 20.1. The molecule has 2 aliphatic carbocycles. The molecular weight excluding hydrogens is 533 g/mol. The number of aryl methyl sites for hydroxylation is 1. The predicted molar refractivity (Wildman–Crippen MR) is 162 cm³/mol. The van der Waals surface area contributed by atoms with Crippen LogP contribution in [0.1, 0.15) is 73.0 Å². The van der Waals surface area contributed by atoms with E-state index in [0.29, 0.717) is 62.9 Å². The van der Waals surface area contributed by atoms with Crippen molar-refractivity contribution in [1.29, 1.82) is 0 Å². The van der Waals surface area contributed by atoms with E-state index in [4.69, 9.17) is 25.4 Å². The SMILES string of the molecule is C=CC(=O)N1CCN(c2nc(OC[C@@H]3C[C@@H](F)CN3C)nc3c2C[C@@H](C)[C@H](c2nc(N)cc(C)c2C2CC2)C3)[C@@H](C)C1. The summed E-state index contributed by atoms with van der Waals surface area (Å²) in [6, 6.07) is 2.40. The number of nitrogen functional groups attached to an aromatic ring is 1. The van der Waals surface area contributed by atoms with Gasteiger partial charge in [-0.1, -0.05) is 13.5 Å². The lowest BCUT2D eigenvalue weighted by Crippen LogP contribution is -2.54. The summed E-state index contributed by atoms with van der Waals surface area (Å²) in [6.45, 7) is 12.9. The second-order valence-corrected chi connectivity index (χ2v) is 13.0. The number of anilines is 2. The van der Waals surface area contributed by atoms with Gasteiger partial charge in [-0.2, -0.15) is 9.97 Å². The van der Waals surface area contributed by atoms with Crippen LogP contribution in [0.5, 0.6) is 6.01 Å². The number of likely N-dealkylation sites (N-methyl/N-ethyl adjacent to an activating group) is 1. The standard InChI is InChI=1S/C32H44FN7O2/c1-6-28(41)39-9-10-40(20(4)15-39)31-25-11-18(2)24(30-29(21-7-8-21)19(3)12-27(34)36-30)14-26(25)35-32(37-31)42-17-23-13-22(33)16-38(23)5/h6,12,18,20-24H,1,7-11,13-17H2,2-5H3,(H2,34,36)/t18-,20+,22-,23+,24-/m1/s1. The van der Waals surface area contributed by atoms with Crippen LogP contribution < -0.4 is 15.4 Å². The minimum Gasteiger partial charge on any atom is -0.462 e. The molecule has 4 heterocycles. The molecular formula is C32H44FN7O2. The maximum Gasteiger partial charge on any atom is 0.318 e. The predicted octanol–water partition coefficient (Wildman–Crippen LogP) is 3.80. The third kappa shape index (κ3) is 5.57. The number of alkyl halides is 1. The highest BCUT2D eigenvalue weighted by molar-refractivity contribution is 5.87. The number of hydrogen-bond acceptors (Lipinski definition) is 8. The average molecular weight is 578 g/mol. The lowest BCUT2D eigenvalue weighted by molar-refractivity contribution is -0.126. The van der Waals surface area contributed by atoms with Crippen LogP contribution in [0.2, 0.25) is 0 Å². The minimum atomic E-state index is -0.837. The van der Waals surface area contributed by atoms with Gasteiger partial charge in [0.1, 0.15) is 24.4 Å². The van der Waals surface area contributed by atoms with Crippen LogP contribution in [-0.4, -0.2) is 88.7 Å². The van der Waals surface area contributed by atoms with Gasteiger partial charge in [0.2, 0.25) is 5.91 Å². The van der Waals surface area contributed by atoms with Gasteiger partial charge in [-0.05, 0) is 88.1 Å². The number of halogens is 1. The lowest BCUT2D eigenvalue weighted by atomic mass is 9.75. The van der Waals surface area contributed by atoms with Crippen LogP contribution in [0.15, 0.2) is 18.7 Å². The third-order valence-corrected chi connectivity index (χ3v) is 9.76.